The molecule has 0 aliphatic heterocycles. The fraction of sp³-hybridized carbons (Fsp3) is 0.0667. The summed E-state index contributed by atoms with van der Waals surface area (Å²) in [5, 5.41) is 3.23. The Morgan fingerprint density at radius 1 is 1.29 bits per heavy atom. The molecule has 0 aliphatic carbocycles. The van der Waals surface area contributed by atoms with Crippen LogP contribution in [0.2, 0.25) is 5.02 Å². The molecular weight excluding hydrogens is 372 g/mol. The molecule has 0 heterocycles. The quantitative estimate of drug-likeness (QED) is 0.777. The number of hydrogen-bond acceptors (Lipinski definition) is 2. The van der Waals surface area contributed by atoms with Gasteiger partial charge in [-0.3, -0.25) is 4.79 Å². The number of nitrogens with one attached hydrogen (secondary N) is 1. The third-order valence-electron chi connectivity index (χ3n) is 2.93. The van der Waals surface area contributed by atoms with Crippen LogP contribution in [0.3, 0.4) is 0 Å². The third kappa shape index (κ3) is 3.61. The summed E-state index contributed by atoms with van der Waals surface area (Å²) >= 11 is 14.5. The second-order valence-corrected chi connectivity index (χ2v) is 6.18. The van der Waals surface area contributed by atoms with Crippen molar-refractivity contribution in [3.8, 4) is 0 Å². The van der Waals surface area contributed by atoms with Gasteiger partial charge in [0.1, 0.15) is 4.99 Å². The molecule has 0 aliphatic rings. The van der Waals surface area contributed by atoms with E-state index in [0.29, 0.717) is 21.8 Å². The molecule has 2 aromatic rings. The average Bonchev–Trinajstić information content (AvgIpc) is 2.43. The Morgan fingerprint density at radius 2 is 2.00 bits per heavy atom. The Morgan fingerprint density at radius 3 is 2.67 bits per heavy atom. The molecule has 108 valence electrons. The Bertz CT molecular complexity index is 734. The maximum absolute atomic E-state index is 12.4. The van der Waals surface area contributed by atoms with Crippen molar-refractivity contribution >= 4 is 56.3 Å². The van der Waals surface area contributed by atoms with Crippen LogP contribution >= 0.6 is 39.7 Å². The van der Waals surface area contributed by atoms with E-state index in [0.717, 1.165) is 10.0 Å². The van der Waals surface area contributed by atoms with Crippen molar-refractivity contribution in [1.29, 1.82) is 0 Å². The topological polar surface area (TPSA) is 55.1 Å². The van der Waals surface area contributed by atoms with Gasteiger partial charge in [-0.1, -0.05) is 51.9 Å². The maximum atomic E-state index is 12.4. The van der Waals surface area contributed by atoms with Crippen LogP contribution in [0.1, 0.15) is 21.5 Å². The highest BCUT2D eigenvalue weighted by atomic mass is 79.9. The molecule has 0 bridgehead atoms. The minimum Gasteiger partial charge on any atom is -0.389 e. The van der Waals surface area contributed by atoms with Crippen molar-refractivity contribution in [2.75, 3.05) is 5.32 Å². The SMILES string of the molecule is Cc1cccc(C(=O)Nc2ccc(Br)cc2C(N)=S)c1Cl. The number of carbonyl (C=O) groups is 1. The normalized spacial score (nSPS) is 10.2. The molecule has 0 saturated heterocycles. The van der Waals surface area contributed by atoms with Crippen LogP contribution < -0.4 is 11.1 Å². The van der Waals surface area contributed by atoms with Crippen LogP contribution in [0.25, 0.3) is 0 Å². The molecule has 0 unspecified atom stereocenters. The average molecular weight is 384 g/mol. The number of rotatable bonds is 3. The van der Waals surface area contributed by atoms with Gasteiger partial charge >= 0.3 is 0 Å². The van der Waals surface area contributed by atoms with Gasteiger partial charge < -0.3 is 11.1 Å². The summed E-state index contributed by atoms with van der Waals surface area (Å²) < 4.78 is 0.830. The Hall–Kier alpha value is -1.43. The first-order valence-electron chi connectivity index (χ1n) is 6.06. The molecule has 3 nitrogen and oxygen atoms in total. The first-order chi connectivity index (χ1) is 9.90. The van der Waals surface area contributed by atoms with Crippen molar-refractivity contribution in [3.63, 3.8) is 0 Å². The molecule has 21 heavy (non-hydrogen) atoms. The lowest BCUT2D eigenvalue weighted by Gasteiger charge is -2.12. The first-order valence-corrected chi connectivity index (χ1v) is 7.64. The first kappa shape index (κ1) is 15.9. The minimum atomic E-state index is -0.302. The van der Waals surface area contributed by atoms with E-state index < -0.39 is 0 Å². The molecule has 3 N–H and O–H groups in total. The summed E-state index contributed by atoms with van der Waals surface area (Å²) in [6.45, 7) is 1.85. The summed E-state index contributed by atoms with van der Waals surface area (Å²) in [4.78, 5) is 12.6. The summed E-state index contributed by atoms with van der Waals surface area (Å²) in [6, 6.07) is 10.6. The monoisotopic (exact) mass is 382 g/mol. The van der Waals surface area contributed by atoms with E-state index in [1.54, 1.807) is 30.3 Å². The van der Waals surface area contributed by atoms with Crippen molar-refractivity contribution in [2.45, 2.75) is 6.92 Å². The zero-order valence-electron chi connectivity index (χ0n) is 11.1. The fourth-order valence-electron chi connectivity index (χ4n) is 1.84. The predicted molar refractivity (Wildman–Crippen MR) is 94.2 cm³/mol. The van der Waals surface area contributed by atoms with E-state index in [-0.39, 0.29) is 10.9 Å². The lowest BCUT2D eigenvalue weighted by Crippen LogP contribution is -2.18. The van der Waals surface area contributed by atoms with Crippen LogP contribution in [-0.4, -0.2) is 10.9 Å². The van der Waals surface area contributed by atoms with Gasteiger partial charge in [-0.15, -0.1) is 0 Å². The number of nitrogens with two attached hydrogens (primary N) is 1. The van der Waals surface area contributed by atoms with Crippen molar-refractivity contribution in [1.82, 2.24) is 0 Å². The number of benzene rings is 2. The Balaban J connectivity index is 2.36. The molecule has 1 amide bonds. The van der Waals surface area contributed by atoms with Crippen LogP contribution in [0.5, 0.6) is 0 Å². The maximum Gasteiger partial charge on any atom is 0.257 e. The van der Waals surface area contributed by atoms with Crippen LogP contribution in [-0.2, 0) is 0 Å². The van der Waals surface area contributed by atoms with E-state index in [2.05, 4.69) is 21.2 Å². The van der Waals surface area contributed by atoms with Gasteiger partial charge in [0, 0.05) is 10.0 Å². The van der Waals surface area contributed by atoms with Crippen LogP contribution in [0.4, 0.5) is 5.69 Å². The third-order valence-corrected chi connectivity index (χ3v) is 4.15. The highest BCUT2D eigenvalue weighted by molar-refractivity contribution is 9.10. The molecule has 2 rings (SSSR count). The van der Waals surface area contributed by atoms with Gasteiger partial charge in [-0.05, 0) is 36.8 Å². The van der Waals surface area contributed by atoms with Crippen molar-refractivity contribution in [2.24, 2.45) is 5.73 Å². The molecule has 0 fully saturated rings. The molecular formula is C15H12BrClN2OS. The Kier molecular flexibility index (Phi) is 4.98. The predicted octanol–water partition coefficient (Wildman–Crippen LogP) is 4.30. The molecule has 0 aromatic heterocycles. The molecule has 0 atom stereocenters. The van der Waals surface area contributed by atoms with Crippen LogP contribution in [0.15, 0.2) is 40.9 Å². The van der Waals surface area contributed by atoms with E-state index in [1.807, 2.05) is 13.0 Å². The van der Waals surface area contributed by atoms with E-state index in [9.17, 15) is 4.79 Å². The highest BCUT2D eigenvalue weighted by Gasteiger charge is 2.14. The zero-order valence-corrected chi connectivity index (χ0v) is 14.3. The Labute approximate surface area is 141 Å². The summed E-state index contributed by atoms with van der Waals surface area (Å²) in [6.07, 6.45) is 0. The largest absolute Gasteiger partial charge is 0.389 e. The van der Waals surface area contributed by atoms with Gasteiger partial charge in [0.15, 0.2) is 0 Å². The van der Waals surface area contributed by atoms with E-state index in [4.69, 9.17) is 29.6 Å². The van der Waals surface area contributed by atoms with Gasteiger partial charge in [-0.25, -0.2) is 0 Å². The van der Waals surface area contributed by atoms with Crippen molar-refractivity contribution < 1.29 is 4.79 Å². The second-order valence-electron chi connectivity index (χ2n) is 4.44. The number of anilines is 1. The standard InChI is InChI=1S/C15H12BrClN2OS/c1-8-3-2-4-10(13(8)17)15(20)19-12-6-5-9(16)7-11(12)14(18)21/h2-7H,1H3,(H2,18,21)(H,19,20). The summed E-state index contributed by atoms with van der Waals surface area (Å²) in [5.41, 5.74) is 8.08. The summed E-state index contributed by atoms with van der Waals surface area (Å²) in [5.74, 6) is -0.302. The molecule has 0 saturated carbocycles. The van der Waals surface area contributed by atoms with Gasteiger partial charge in [0.2, 0.25) is 0 Å². The molecule has 0 spiro atoms. The van der Waals surface area contributed by atoms with Crippen LogP contribution in [0, 0.1) is 6.92 Å². The van der Waals surface area contributed by atoms with Gasteiger partial charge in [0.05, 0.1) is 16.3 Å². The van der Waals surface area contributed by atoms with E-state index >= 15 is 0 Å². The number of carbonyl (C=O) groups excluding carboxylic acids is 1. The zero-order chi connectivity index (χ0) is 15.6. The number of amides is 1. The lowest BCUT2D eigenvalue weighted by molar-refractivity contribution is 0.102. The lowest BCUT2D eigenvalue weighted by atomic mass is 10.1. The van der Waals surface area contributed by atoms with E-state index in [1.165, 1.54) is 0 Å². The summed E-state index contributed by atoms with van der Waals surface area (Å²) in [7, 11) is 0. The molecule has 2 aromatic carbocycles. The number of aryl methyl sites for hydroxylation is 1. The smallest absolute Gasteiger partial charge is 0.257 e. The number of hydrogen-bond donors (Lipinski definition) is 2. The molecule has 0 radical (unpaired) electrons. The second kappa shape index (κ2) is 6.56. The minimum absolute atomic E-state index is 0.210. The molecule has 6 heteroatoms. The number of thiocarbonyl (C=S) groups is 1. The fourth-order valence-corrected chi connectivity index (χ4v) is 2.58. The number of halogens is 2. The van der Waals surface area contributed by atoms with Crippen molar-refractivity contribution in [3.05, 3.63) is 62.6 Å². The van der Waals surface area contributed by atoms with Gasteiger partial charge in [0.25, 0.3) is 5.91 Å². The highest BCUT2D eigenvalue weighted by Crippen LogP contribution is 2.24. The van der Waals surface area contributed by atoms with Gasteiger partial charge in [-0.2, -0.15) is 0 Å².